The predicted molar refractivity (Wildman–Crippen MR) is 63.0 cm³/mol. The van der Waals surface area contributed by atoms with Crippen LogP contribution >= 0.6 is 28.6 Å². The third kappa shape index (κ3) is 3.12. The van der Waals surface area contributed by atoms with Gasteiger partial charge in [-0.3, -0.25) is 0 Å². The summed E-state index contributed by atoms with van der Waals surface area (Å²) in [4.78, 5) is 0. The zero-order valence-electron chi connectivity index (χ0n) is 7.38. The van der Waals surface area contributed by atoms with Crippen LogP contribution in [0.5, 0.6) is 5.75 Å². The lowest BCUT2D eigenvalue weighted by Crippen LogP contribution is -2.03. The van der Waals surface area contributed by atoms with Gasteiger partial charge >= 0.3 is 0 Å². The molecule has 0 aliphatic carbocycles. The summed E-state index contributed by atoms with van der Waals surface area (Å²) >= 11 is 7.53. The topological polar surface area (TPSA) is 21.3 Å². The molecule has 1 N–H and O–H groups in total. The van der Waals surface area contributed by atoms with Gasteiger partial charge in [0.2, 0.25) is 0 Å². The smallest absolute Gasteiger partial charge is 0.142 e. The van der Waals surface area contributed by atoms with E-state index in [-0.39, 0.29) is 0 Å². The molecule has 0 bridgehead atoms. The van der Waals surface area contributed by atoms with Crippen molar-refractivity contribution >= 4 is 34.2 Å². The first-order valence-electron chi connectivity index (χ1n) is 3.96. The molecule has 0 heterocycles. The summed E-state index contributed by atoms with van der Waals surface area (Å²) in [6.45, 7) is 0.829. The van der Waals surface area contributed by atoms with E-state index in [2.05, 4.69) is 33.9 Å². The van der Waals surface area contributed by atoms with E-state index in [4.69, 9.17) is 4.74 Å². The molecule has 0 saturated heterocycles. The first-order valence-corrected chi connectivity index (χ1v) is 5.38. The summed E-state index contributed by atoms with van der Waals surface area (Å²) in [7, 11) is 1.66. The van der Waals surface area contributed by atoms with Crippen molar-refractivity contribution in [2.24, 2.45) is 0 Å². The monoisotopic (exact) mass is 261 g/mol. The molecular weight excluding hydrogens is 250 g/mol. The Labute approximate surface area is 92.2 Å². The molecule has 0 aliphatic rings. The summed E-state index contributed by atoms with van der Waals surface area (Å²) in [5.41, 5.74) is 0.992. The van der Waals surface area contributed by atoms with E-state index in [1.54, 1.807) is 7.11 Å². The number of ether oxygens (including phenoxy) is 1. The van der Waals surface area contributed by atoms with E-state index in [1.807, 2.05) is 18.2 Å². The number of methoxy groups -OCH3 is 1. The van der Waals surface area contributed by atoms with Crippen LogP contribution in [0.15, 0.2) is 22.7 Å². The Balaban J connectivity index is 2.81. The van der Waals surface area contributed by atoms with Crippen molar-refractivity contribution < 1.29 is 4.74 Å². The summed E-state index contributed by atoms with van der Waals surface area (Å²) in [6.07, 6.45) is 0. The second-order valence-electron chi connectivity index (χ2n) is 2.49. The average Bonchev–Trinajstić information content (AvgIpc) is 2.15. The van der Waals surface area contributed by atoms with Gasteiger partial charge in [0.05, 0.1) is 12.8 Å². The van der Waals surface area contributed by atoms with Crippen LogP contribution < -0.4 is 10.1 Å². The van der Waals surface area contributed by atoms with E-state index < -0.39 is 0 Å². The maximum Gasteiger partial charge on any atom is 0.142 e. The molecule has 0 unspecified atom stereocenters. The van der Waals surface area contributed by atoms with Crippen LogP contribution in [-0.2, 0) is 0 Å². The summed E-state index contributed by atoms with van der Waals surface area (Å²) in [5.74, 6) is 1.65. The van der Waals surface area contributed by atoms with E-state index in [0.29, 0.717) is 0 Å². The van der Waals surface area contributed by atoms with Gasteiger partial charge in [-0.15, -0.1) is 0 Å². The van der Waals surface area contributed by atoms with Crippen LogP contribution in [-0.4, -0.2) is 19.4 Å². The number of nitrogens with one attached hydrogen (secondary N) is 1. The molecule has 0 radical (unpaired) electrons. The highest BCUT2D eigenvalue weighted by atomic mass is 79.9. The van der Waals surface area contributed by atoms with Gasteiger partial charge in [0.1, 0.15) is 5.75 Å². The summed E-state index contributed by atoms with van der Waals surface area (Å²) < 4.78 is 6.23. The SMILES string of the molecule is COc1ccc(Br)cc1NCCS. The Bertz CT molecular complexity index is 280. The van der Waals surface area contributed by atoms with Crippen molar-refractivity contribution in [2.75, 3.05) is 24.7 Å². The maximum atomic E-state index is 5.19. The molecule has 0 amide bonds. The fourth-order valence-electron chi connectivity index (χ4n) is 1.01. The molecule has 4 heteroatoms. The van der Waals surface area contributed by atoms with Crippen LogP contribution in [0.25, 0.3) is 0 Å². The standard InChI is InChI=1S/C9H12BrNOS/c1-12-9-3-2-7(10)6-8(9)11-4-5-13/h2-3,6,11,13H,4-5H2,1H3. The van der Waals surface area contributed by atoms with Crippen molar-refractivity contribution in [3.63, 3.8) is 0 Å². The van der Waals surface area contributed by atoms with Gasteiger partial charge in [-0.1, -0.05) is 15.9 Å². The summed E-state index contributed by atoms with van der Waals surface area (Å²) in [6, 6.07) is 5.86. The molecule has 0 atom stereocenters. The molecule has 13 heavy (non-hydrogen) atoms. The van der Waals surface area contributed by atoms with E-state index >= 15 is 0 Å². The van der Waals surface area contributed by atoms with Crippen LogP contribution in [0, 0.1) is 0 Å². The lowest BCUT2D eigenvalue weighted by atomic mass is 10.3. The van der Waals surface area contributed by atoms with Crippen LogP contribution in [0.4, 0.5) is 5.69 Å². The molecule has 0 aromatic heterocycles. The van der Waals surface area contributed by atoms with E-state index in [1.165, 1.54) is 0 Å². The predicted octanol–water partition coefficient (Wildman–Crippen LogP) is 2.80. The minimum atomic E-state index is 0.801. The molecule has 1 aromatic rings. The third-order valence-corrected chi connectivity index (χ3v) is 2.31. The number of hydrogen-bond acceptors (Lipinski definition) is 3. The molecule has 0 aliphatic heterocycles. The van der Waals surface area contributed by atoms with Gasteiger partial charge in [0.15, 0.2) is 0 Å². The highest BCUT2D eigenvalue weighted by Gasteiger charge is 2.01. The van der Waals surface area contributed by atoms with Crippen LogP contribution in [0.1, 0.15) is 0 Å². The molecule has 72 valence electrons. The first kappa shape index (κ1) is 10.7. The zero-order valence-corrected chi connectivity index (χ0v) is 9.86. The quantitative estimate of drug-likeness (QED) is 0.814. The van der Waals surface area contributed by atoms with E-state index in [0.717, 1.165) is 28.2 Å². The number of thiol groups is 1. The van der Waals surface area contributed by atoms with Gasteiger partial charge in [0.25, 0.3) is 0 Å². The highest BCUT2D eigenvalue weighted by Crippen LogP contribution is 2.27. The average molecular weight is 262 g/mol. The normalized spacial score (nSPS) is 9.77. The van der Waals surface area contributed by atoms with Crippen LogP contribution in [0.3, 0.4) is 0 Å². The first-order chi connectivity index (χ1) is 6.27. The van der Waals surface area contributed by atoms with Crippen molar-refractivity contribution in [2.45, 2.75) is 0 Å². The van der Waals surface area contributed by atoms with Gasteiger partial charge in [-0.25, -0.2) is 0 Å². The number of rotatable bonds is 4. The number of anilines is 1. The maximum absolute atomic E-state index is 5.19. The van der Waals surface area contributed by atoms with Crippen molar-refractivity contribution in [1.82, 2.24) is 0 Å². The second kappa shape index (κ2) is 5.40. The van der Waals surface area contributed by atoms with Crippen molar-refractivity contribution in [3.05, 3.63) is 22.7 Å². The van der Waals surface area contributed by atoms with Gasteiger partial charge in [-0.2, -0.15) is 12.6 Å². The van der Waals surface area contributed by atoms with E-state index in [9.17, 15) is 0 Å². The Morgan fingerprint density at radius 1 is 1.54 bits per heavy atom. The minimum absolute atomic E-state index is 0.801. The molecule has 0 fully saturated rings. The lowest BCUT2D eigenvalue weighted by molar-refractivity contribution is 0.416. The van der Waals surface area contributed by atoms with Crippen LogP contribution in [0.2, 0.25) is 0 Å². The molecular formula is C9H12BrNOS. The van der Waals surface area contributed by atoms with Crippen molar-refractivity contribution in [1.29, 1.82) is 0 Å². The van der Waals surface area contributed by atoms with Gasteiger partial charge in [0, 0.05) is 16.8 Å². The largest absolute Gasteiger partial charge is 0.495 e. The number of hydrogen-bond donors (Lipinski definition) is 2. The molecule has 0 spiro atoms. The fourth-order valence-corrected chi connectivity index (χ4v) is 1.48. The fraction of sp³-hybridized carbons (Fsp3) is 0.333. The molecule has 1 rings (SSSR count). The lowest BCUT2D eigenvalue weighted by Gasteiger charge is -2.10. The Kier molecular flexibility index (Phi) is 4.45. The zero-order chi connectivity index (χ0) is 9.68. The second-order valence-corrected chi connectivity index (χ2v) is 3.86. The summed E-state index contributed by atoms with van der Waals surface area (Å²) in [5, 5.41) is 3.22. The Morgan fingerprint density at radius 3 is 2.92 bits per heavy atom. The molecule has 2 nitrogen and oxygen atoms in total. The minimum Gasteiger partial charge on any atom is -0.495 e. The number of halogens is 1. The van der Waals surface area contributed by atoms with Gasteiger partial charge < -0.3 is 10.1 Å². The van der Waals surface area contributed by atoms with Crippen molar-refractivity contribution in [3.8, 4) is 5.75 Å². The molecule has 1 aromatic carbocycles. The highest BCUT2D eigenvalue weighted by molar-refractivity contribution is 9.10. The Morgan fingerprint density at radius 2 is 2.31 bits per heavy atom. The molecule has 0 saturated carbocycles. The third-order valence-electron chi connectivity index (χ3n) is 1.59. The van der Waals surface area contributed by atoms with Gasteiger partial charge in [-0.05, 0) is 18.2 Å². The Hall–Kier alpha value is -0.350. The number of benzene rings is 1.